The lowest BCUT2D eigenvalue weighted by Gasteiger charge is -2.34. The molecule has 0 aromatic rings. The Kier molecular flexibility index (Phi) is 4.94. The van der Waals surface area contributed by atoms with E-state index in [2.05, 4.69) is 0 Å². The number of Topliss-reactive ketones (excluding diaryl/α,β-unsaturated/α-hetero) is 1. The molecule has 0 aromatic heterocycles. The van der Waals surface area contributed by atoms with Crippen molar-refractivity contribution in [1.29, 1.82) is 0 Å². The van der Waals surface area contributed by atoms with Crippen LogP contribution in [0, 0.1) is 0 Å². The molecule has 0 atom stereocenters. The second-order valence-electron chi connectivity index (χ2n) is 4.33. The zero-order valence-electron chi connectivity index (χ0n) is 8.81. The van der Waals surface area contributed by atoms with Crippen molar-refractivity contribution in [2.24, 2.45) is 0 Å². The molecular formula is C11H21OP. The Morgan fingerprint density at radius 2 is 1.31 bits per heavy atom. The van der Waals surface area contributed by atoms with Gasteiger partial charge in [0.15, 0.2) is 0 Å². The molecule has 2 heterocycles. The summed E-state index contributed by atoms with van der Waals surface area (Å²) in [7, 11) is 1.35. The smallest absolute Gasteiger partial charge is 0.126 e. The van der Waals surface area contributed by atoms with Crippen molar-refractivity contribution in [3.63, 3.8) is 0 Å². The van der Waals surface area contributed by atoms with Crippen LogP contribution >= 0.6 is 8.58 Å². The maximum Gasteiger partial charge on any atom is 0.126 e. The second kappa shape index (κ2) is 5.75. The molecule has 2 aliphatic rings. The summed E-state index contributed by atoms with van der Waals surface area (Å²) in [5.41, 5.74) is 2.36. The molecule has 13 heavy (non-hydrogen) atoms. The molecule has 2 aliphatic heterocycles. The topological polar surface area (TPSA) is 17.1 Å². The zero-order valence-corrected chi connectivity index (χ0v) is 9.81. The van der Waals surface area contributed by atoms with E-state index in [1.807, 2.05) is 0 Å². The number of hydrogen-bond donors (Lipinski definition) is 0. The largest absolute Gasteiger partial charge is 0.300 e. The summed E-state index contributed by atoms with van der Waals surface area (Å²) < 4.78 is 0. The Hall–Kier alpha value is 0.100. The Morgan fingerprint density at radius 1 is 1.00 bits per heavy atom. The molecule has 2 bridgehead atoms. The SMILES string of the molecule is C1CC2CCCC(C1)P2.CC(C)=O. The molecule has 2 fully saturated rings. The maximum absolute atomic E-state index is 9.44. The van der Waals surface area contributed by atoms with E-state index < -0.39 is 0 Å². The number of hydrogen-bond acceptors (Lipinski definition) is 1. The third-order valence-corrected chi connectivity index (χ3v) is 4.78. The highest BCUT2D eigenvalue weighted by Crippen LogP contribution is 2.45. The molecule has 2 heteroatoms. The Morgan fingerprint density at radius 3 is 1.54 bits per heavy atom. The average Bonchev–Trinajstić information content (AvgIpc) is 2.03. The third kappa shape index (κ3) is 4.76. The number of ketones is 1. The molecule has 1 nitrogen and oxygen atoms in total. The first-order valence-electron chi connectivity index (χ1n) is 5.41. The van der Waals surface area contributed by atoms with Crippen molar-refractivity contribution in [3.8, 4) is 0 Å². The first-order valence-corrected chi connectivity index (χ1v) is 6.57. The number of carbonyl (C=O) groups is 1. The van der Waals surface area contributed by atoms with Gasteiger partial charge in [-0.25, -0.2) is 0 Å². The van der Waals surface area contributed by atoms with Gasteiger partial charge >= 0.3 is 0 Å². The second-order valence-corrected chi connectivity index (χ2v) is 6.30. The summed E-state index contributed by atoms with van der Waals surface area (Å²) >= 11 is 0. The van der Waals surface area contributed by atoms with Crippen LogP contribution in [0.15, 0.2) is 0 Å². The highest BCUT2D eigenvalue weighted by molar-refractivity contribution is 7.39. The summed E-state index contributed by atoms with van der Waals surface area (Å²) in [6.07, 6.45) is 9.35. The predicted molar refractivity (Wildman–Crippen MR) is 59.9 cm³/mol. The molecule has 0 saturated carbocycles. The van der Waals surface area contributed by atoms with E-state index >= 15 is 0 Å². The van der Waals surface area contributed by atoms with Gasteiger partial charge in [0, 0.05) is 0 Å². The van der Waals surface area contributed by atoms with Crippen LogP contribution in [0.4, 0.5) is 0 Å². The molecule has 0 unspecified atom stereocenters. The van der Waals surface area contributed by atoms with Gasteiger partial charge in [0.25, 0.3) is 0 Å². The summed E-state index contributed by atoms with van der Waals surface area (Å²) in [6.45, 7) is 3.06. The maximum atomic E-state index is 9.44. The number of carbonyl (C=O) groups excluding carboxylic acids is 1. The Bertz CT molecular complexity index is 143. The van der Waals surface area contributed by atoms with Gasteiger partial charge in [-0.2, -0.15) is 0 Å². The van der Waals surface area contributed by atoms with Gasteiger partial charge in [0.2, 0.25) is 0 Å². The number of rotatable bonds is 0. The minimum absolute atomic E-state index is 0.167. The first kappa shape index (κ1) is 11.2. The van der Waals surface area contributed by atoms with E-state index in [9.17, 15) is 4.79 Å². The van der Waals surface area contributed by atoms with Crippen molar-refractivity contribution in [2.45, 2.75) is 63.7 Å². The Labute approximate surface area is 83.5 Å². The average molecular weight is 200 g/mol. The molecule has 76 valence electrons. The van der Waals surface area contributed by atoms with Gasteiger partial charge < -0.3 is 4.79 Å². The summed E-state index contributed by atoms with van der Waals surface area (Å²) in [5.74, 6) is 0.167. The quantitative estimate of drug-likeness (QED) is 0.548. The van der Waals surface area contributed by atoms with E-state index in [1.54, 1.807) is 38.5 Å². The van der Waals surface area contributed by atoms with Crippen molar-refractivity contribution >= 4 is 14.4 Å². The highest BCUT2D eigenvalue weighted by atomic mass is 31.1. The minimum Gasteiger partial charge on any atom is -0.300 e. The first-order chi connectivity index (χ1) is 6.18. The van der Waals surface area contributed by atoms with Gasteiger partial charge in [0.1, 0.15) is 5.78 Å². The van der Waals surface area contributed by atoms with Crippen LogP contribution in [0.25, 0.3) is 0 Å². The molecule has 0 radical (unpaired) electrons. The predicted octanol–water partition coefficient (Wildman–Crippen LogP) is 3.37. The van der Waals surface area contributed by atoms with Crippen molar-refractivity contribution < 1.29 is 4.79 Å². The van der Waals surface area contributed by atoms with E-state index in [-0.39, 0.29) is 5.78 Å². The van der Waals surface area contributed by atoms with E-state index in [1.165, 1.54) is 33.7 Å². The van der Waals surface area contributed by atoms with Crippen LogP contribution in [0.1, 0.15) is 52.4 Å². The van der Waals surface area contributed by atoms with Gasteiger partial charge in [0.05, 0.1) is 0 Å². The molecule has 0 spiro atoms. The van der Waals surface area contributed by atoms with E-state index in [0.29, 0.717) is 0 Å². The van der Waals surface area contributed by atoms with Crippen LogP contribution < -0.4 is 0 Å². The molecule has 0 amide bonds. The van der Waals surface area contributed by atoms with Crippen molar-refractivity contribution in [2.75, 3.05) is 0 Å². The molecule has 0 N–H and O–H groups in total. The van der Waals surface area contributed by atoms with Crippen LogP contribution in [0.3, 0.4) is 0 Å². The standard InChI is InChI=1S/C8H15P.C3H6O/c1-3-7-5-2-6-8(4-1)9-7;1-3(2)4/h7-9H,1-6H2;1-2H3. The third-order valence-electron chi connectivity index (χ3n) is 2.68. The van der Waals surface area contributed by atoms with Gasteiger partial charge in [-0.15, -0.1) is 8.58 Å². The highest BCUT2D eigenvalue weighted by Gasteiger charge is 2.25. The molecule has 0 aliphatic carbocycles. The van der Waals surface area contributed by atoms with Crippen LogP contribution in [-0.2, 0) is 4.79 Å². The van der Waals surface area contributed by atoms with Gasteiger partial charge in [-0.1, -0.05) is 12.8 Å². The number of fused-ring (bicyclic) bond motifs is 2. The molecule has 0 aromatic carbocycles. The van der Waals surface area contributed by atoms with Crippen molar-refractivity contribution in [3.05, 3.63) is 0 Å². The lowest BCUT2D eigenvalue weighted by Crippen LogP contribution is -2.20. The molecular weight excluding hydrogens is 179 g/mol. The van der Waals surface area contributed by atoms with Crippen LogP contribution in [0.2, 0.25) is 0 Å². The van der Waals surface area contributed by atoms with Gasteiger partial charge in [-0.3, -0.25) is 0 Å². The minimum atomic E-state index is 0.167. The molecule has 2 saturated heterocycles. The lowest BCUT2D eigenvalue weighted by atomic mass is 9.99. The fraction of sp³-hybridized carbons (Fsp3) is 0.909. The monoisotopic (exact) mass is 200 g/mol. The summed E-state index contributed by atoms with van der Waals surface area (Å²) in [5, 5.41) is 0. The fourth-order valence-electron chi connectivity index (χ4n) is 2.18. The van der Waals surface area contributed by atoms with Gasteiger partial charge in [-0.05, 0) is 50.8 Å². The fourth-order valence-corrected chi connectivity index (χ4v) is 4.33. The normalized spacial score (nSPS) is 33.4. The van der Waals surface area contributed by atoms with Crippen molar-refractivity contribution in [1.82, 2.24) is 0 Å². The molecule has 2 rings (SSSR count). The zero-order chi connectivity index (χ0) is 9.68. The van der Waals surface area contributed by atoms with E-state index in [4.69, 9.17) is 0 Å². The Balaban J connectivity index is 0.000000184. The van der Waals surface area contributed by atoms with Crippen LogP contribution in [-0.4, -0.2) is 17.1 Å². The lowest BCUT2D eigenvalue weighted by molar-refractivity contribution is -0.114. The summed E-state index contributed by atoms with van der Waals surface area (Å²) in [6, 6.07) is 0. The summed E-state index contributed by atoms with van der Waals surface area (Å²) in [4.78, 5) is 9.44. The van der Waals surface area contributed by atoms with E-state index in [0.717, 1.165) is 0 Å². The van der Waals surface area contributed by atoms with Crippen LogP contribution in [0.5, 0.6) is 0 Å².